The maximum absolute atomic E-state index is 10.3. The molecule has 1 fully saturated rings. The first-order chi connectivity index (χ1) is 8.27. The summed E-state index contributed by atoms with van der Waals surface area (Å²) in [7, 11) is 2.19. The fourth-order valence-corrected chi connectivity index (χ4v) is 3.30. The van der Waals surface area contributed by atoms with Crippen molar-refractivity contribution >= 4 is 0 Å². The van der Waals surface area contributed by atoms with Crippen LogP contribution < -0.4 is 0 Å². The molecule has 4 atom stereocenters. The minimum atomic E-state index is -0.132. The number of nitrogens with zero attached hydrogens (tertiary/aromatic N) is 1. The lowest BCUT2D eigenvalue weighted by Gasteiger charge is -2.45. The average Bonchev–Trinajstić information content (AvgIpc) is 2.27. The first kappa shape index (κ1) is 16.0. The highest BCUT2D eigenvalue weighted by atomic mass is 16.3. The van der Waals surface area contributed by atoms with Crippen molar-refractivity contribution in [1.82, 2.24) is 4.90 Å². The van der Waals surface area contributed by atoms with E-state index in [0.29, 0.717) is 17.5 Å². The summed E-state index contributed by atoms with van der Waals surface area (Å²) in [4.78, 5) is 2.42. The molecule has 0 aromatic rings. The second-order valence-electron chi connectivity index (χ2n) is 7.31. The van der Waals surface area contributed by atoms with E-state index in [1.54, 1.807) is 0 Å². The summed E-state index contributed by atoms with van der Waals surface area (Å²) in [6, 6.07) is 0.929. The molecule has 0 aliphatic heterocycles. The minimum absolute atomic E-state index is 0.132. The molecule has 0 saturated heterocycles. The van der Waals surface area contributed by atoms with Gasteiger partial charge >= 0.3 is 0 Å². The molecule has 2 nitrogen and oxygen atoms in total. The topological polar surface area (TPSA) is 23.5 Å². The van der Waals surface area contributed by atoms with Crippen LogP contribution in [0.1, 0.15) is 66.7 Å². The fourth-order valence-electron chi connectivity index (χ4n) is 3.30. The van der Waals surface area contributed by atoms with Crippen molar-refractivity contribution in [3.63, 3.8) is 0 Å². The van der Waals surface area contributed by atoms with E-state index in [0.717, 1.165) is 18.8 Å². The molecular formula is C16H33NO. The van der Waals surface area contributed by atoms with Gasteiger partial charge in [-0.3, -0.25) is 4.90 Å². The summed E-state index contributed by atoms with van der Waals surface area (Å²) in [6.45, 7) is 11.5. The van der Waals surface area contributed by atoms with E-state index in [-0.39, 0.29) is 6.10 Å². The van der Waals surface area contributed by atoms with Crippen molar-refractivity contribution in [2.75, 3.05) is 7.05 Å². The van der Waals surface area contributed by atoms with Gasteiger partial charge in [0.15, 0.2) is 0 Å². The molecule has 0 radical (unpaired) electrons. The predicted molar refractivity (Wildman–Crippen MR) is 78.7 cm³/mol. The van der Waals surface area contributed by atoms with Gasteiger partial charge in [0.1, 0.15) is 0 Å². The molecule has 18 heavy (non-hydrogen) atoms. The van der Waals surface area contributed by atoms with E-state index in [4.69, 9.17) is 0 Å². The van der Waals surface area contributed by atoms with Crippen LogP contribution in [0.4, 0.5) is 0 Å². The smallest absolute Gasteiger partial charge is 0.0695 e. The van der Waals surface area contributed by atoms with Crippen molar-refractivity contribution in [1.29, 1.82) is 0 Å². The predicted octanol–water partition coefficient (Wildman–Crippen LogP) is 3.68. The zero-order chi connectivity index (χ0) is 13.9. The number of rotatable bonds is 4. The van der Waals surface area contributed by atoms with Crippen LogP contribution in [0.15, 0.2) is 0 Å². The maximum atomic E-state index is 10.3. The highest BCUT2D eigenvalue weighted by Crippen LogP contribution is 2.39. The molecule has 1 rings (SSSR count). The Bertz CT molecular complexity index is 246. The second-order valence-corrected chi connectivity index (χ2v) is 7.31. The monoisotopic (exact) mass is 255 g/mol. The van der Waals surface area contributed by atoms with Gasteiger partial charge in [0.2, 0.25) is 0 Å². The van der Waals surface area contributed by atoms with Crippen molar-refractivity contribution < 1.29 is 5.11 Å². The molecule has 0 amide bonds. The van der Waals surface area contributed by atoms with Gasteiger partial charge in [-0.05, 0) is 51.0 Å². The third kappa shape index (κ3) is 3.96. The molecule has 108 valence electrons. The van der Waals surface area contributed by atoms with Crippen LogP contribution in [-0.4, -0.2) is 35.2 Å². The van der Waals surface area contributed by atoms with Crippen LogP contribution in [0.5, 0.6) is 0 Å². The Morgan fingerprint density at radius 3 is 2.39 bits per heavy atom. The minimum Gasteiger partial charge on any atom is -0.391 e. The first-order valence-corrected chi connectivity index (χ1v) is 7.67. The van der Waals surface area contributed by atoms with Crippen molar-refractivity contribution in [2.45, 2.75) is 84.9 Å². The molecule has 1 aliphatic carbocycles. The Kier molecular flexibility index (Phi) is 5.67. The van der Waals surface area contributed by atoms with Gasteiger partial charge in [-0.1, -0.05) is 34.1 Å². The van der Waals surface area contributed by atoms with E-state index in [1.165, 1.54) is 19.3 Å². The number of aliphatic hydroxyl groups is 1. The SMILES string of the molecule is CCCC(C)N(C)C1CC(C(C)(C)C)CCC1O. The van der Waals surface area contributed by atoms with Crippen molar-refractivity contribution in [3.8, 4) is 0 Å². The lowest BCUT2D eigenvalue weighted by molar-refractivity contribution is -0.0210. The lowest BCUT2D eigenvalue weighted by atomic mass is 9.70. The molecule has 0 aromatic heterocycles. The number of likely N-dealkylation sites (N-methyl/N-ethyl adjacent to an activating group) is 1. The summed E-state index contributed by atoms with van der Waals surface area (Å²) >= 11 is 0. The Hall–Kier alpha value is -0.0800. The number of hydrogen-bond donors (Lipinski definition) is 1. The summed E-state index contributed by atoms with van der Waals surface area (Å²) in [5.41, 5.74) is 0.368. The van der Waals surface area contributed by atoms with E-state index in [9.17, 15) is 5.11 Å². The quantitative estimate of drug-likeness (QED) is 0.828. The highest BCUT2D eigenvalue weighted by Gasteiger charge is 2.37. The van der Waals surface area contributed by atoms with Gasteiger partial charge in [-0.25, -0.2) is 0 Å². The Morgan fingerprint density at radius 2 is 1.89 bits per heavy atom. The lowest BCUT2D eigenvalue weighted by Crippen LogP contribution is -2.50. The zero-order valence-corrected chi connectivity index (χ0v) is 13.2. The molecule has 2 heteroatoms. The van der Waals surface area contributed by atoms with Crippen LogP contribution in [0.3, 0.4) is 0 Å². The van der Waals surface area contributed by atoms with E-state index in [2.05, 4.69) is 46.6 Å². The molecular weight excluding hydrogens is 222 g/mol. The summed E-state index contributed by atoms with van der Waals surface area (Å²) in [5.74, 6) is 0.738. The Labute approximate surface area is 114 Å². The summed E-state index contributed by atoms with van der Waals surface area (Å²) < 4.78 is 0. The van der Waals surface area contributed by atoms with Gasteiger partial charge in [-0.2, -0.15) is 0 Å². The third-order valence-electron chi connectivity index (χ3n) is 4.93. The largest absolute Gasteiger partial charge is 0.391 e. The van der Waals surface area contributed by atoms with Crippen LogP contribution in [0, 0.1) is 11.3 Å². The Morgan fingerprint density at radius 1 is 1.28 bits per heavy atom. The highest BCUT2D eigenvalue weighted by molar-refractivity contribution is 4.91. The van der Waals surface area contributed by atoms with Crippen LogP contribution >= 0.6 is 0 Å². The van der Waals surface area contributed by atoms with Crippen LogP contribution in [0.25, 0.3) is 0 Å². The molecule has 0 bridgehead atoms. The first-order valence-electron chi connectivity index (χ1n) is 7.67. The van der Waals surface area contributed by atoms with Gasteiger partial charge in [0.25, 0.3) is 0 Å². The normalized spacial score (nSPS) is 31.7. The van der Waals surface area contributed by atoms with Gasteiger partial charge in [0.05, 0.1) is 6.10 Å². The molecule has 1 aliphatic rings. The van der Waals surface area contributed by atoms with Crippen molar-refractivity contribution in [3.05, 3.63) is 0 Å². The Balaban J connectivity index is 2.67. The maximum Gasteiger partial charge on any atom is 0.0695 e. The summed E-state index contributed by atoms with van der Waals surface area (Å²) in [5, 5.41) is 10.3. The zero-order valence-electron chi connectivity index (χ0n) is 13.2. The molecule has 4 unspecified atom stereocenters. The fraction of sp³-hybridized carbons (Fsp3) is 1.00. The van der Waals surface area contributed by atoms with Crippen LogP contribution in [-0.2, 0) is 0 Å². The van der Waals surface area contributed by atoms with E-state index in [1.807, 2.05) is 0 Å². The van der Waals surface area contributed by atoms with Gasteiger partial charge < -0.3 is 5.11 Å². The summed E-state index contributed by atoms with van der Waals surface area (Å²) in [6.07, 6.45) is 5.60. The number of hydrogen-bond acceptors (Lipinski definition) is 2. The molecule has 0 aromatic carbocycles. The molecule has 0 heterocycles. The van der Waals surface area contributed by atoms with Gasteiger partial charge in [-0.15, -0.1) is 0 Å². The van der Waals surface area contributed by atoms with Crippen LogP contribution in [0.2, 0.25) is 0 Å². The standard InChI is InChI=1S/C16H33NO/c1-7-8-12(2)17(6)14-11-13(16(3,4)5)9-10-15(14)18/h12-15,18H,7-11H2,1-6H3. The van der Waals surface area contributed by atoms with Gasteiger partial charge in [0, 0.05) is 12.1 Å². The third-order valence-corrected chi connectivity index (χ3v) is 4.93. The molecule has 0 spiro atoms. The molecule has 1 N–H and O–H groups in total. The molecule has 1 saturated carbocycles. The van der Waals surface area contributed by atoms with Crippen molar-refractivity contribution in [2.24, 2.45) is 11.3 Å². The second kappa shape index (κ2) is 6.38. The average molecular weight is 255 g/mol. The van der Waals surface area contributed by atoms with E-state index < -0.39 is 0 Å². The van der Waals surface area contributed by atoms with E-state index >= 15 is 0 Å². The number of aliphatic hydroxyl groups excluding tert-OH is 1.